The lowest BCUT2D eigenvalue weighted by molar-refractivity contribution is -0.146. The highest BCUT2D eigenvalue weighted by atomic mass is 16.5. The topological polar surface area (TPSA) is 46.5 Å². The number of aliphatic hydroxyl groups excluding tert-OH is 1. The number of carbonyl (C=O) groups excluding carboxylic acids is 1. The van der Waals surface area contributed by atoms with Gasteiger partial charge in [0.05, 0.1) is 13.0 Å². The van der Waals surface area contributed by atoms with Gasteiger partial charge in [0, 0.05) is 6.61 Å². The Hall–Kier alpha value is -0.570. The summed E-state index contributed by atoms with van der Waals surface area (Å²) in [5, 5.41) is 8.90. The molecule has 0 saturated heterocycles. The van der Waals surface area contributed by atoms with Gasteiger partial charge in [-0.15, -0.1) is 0 Å². The Labute approximate surface area is 91.8 Å². The van der Waals surface area contributed by atoms with Crippen LogP contribution in [0.4, 0.5) is 0 Å². The zero-order chi connectivity index (χ0) is 11.1. The maximum Gasteiger partial charge on any atom is 0.308 e. The molecule has 0 spiro atoms. The number of rotatable bonds is 5. The van der Waals surface area contributed by atoms with Crippen molar-refractivity contribution in [2.75, 3.05) is 13.7 Å². The fourth-order valence-electron chi connectivity index (χ4n) is 2.48. The van der Waals surface area contributed by atoms with E-state index in [0.717, 1.165) is 6.42 Å². The molecule has 0 aromatic rings. The molecule has 3 nitrogen and oxygen atoms in total. The van der Waals surface area contributed by atoms with Crippen molar-refractivity contribution in [3.05, 3.63) is 0 Å². The van der Waals surface area contributed by atoms with Crippen LogP contribution in [0.15, 0.2) is 0 Å². The van der Waals surface area contributed by atoms with Gasteiger partial charge in [-0.25, -0.2) is 0 Å². The average Bonchev–Trinajstić information content (AvgIpc) is 2.29. The van der Waals surface area contributed by atoms with Gasteiger partial charge in [0.1, 0.15) is 0 Å². The van der Waals surface area contributed by atoms with Crippen molar-refractivity contribution in [2.45, 2.75) is 44.9 Å². The molecule has 15 heavy (non-hydrogen) atoms. The van der Waals surface area contributed by atoms with E-state index >= 15 is 0 Å². The average molecular weight is 214 g/mol. The van der Waals surface area contributed by atoms with Gasteiger partial charge in [-0.2, -0.15) is 0 Å². The zero-order valence-electron chi connectivity index (χ0n) is 9.58. The van der Waals surface area contributed by atoms with E-state index in [9.17, 15) is 4.79 Å². The van der Waals surface area contributed by atoms with Crippen LogP contribution in [0.1, 0.15) is 44.9 Å². The maximum atomic E-state index is 11.4. The Balaban J connectivity index is 2.38. The minimum Gasteiger partial charge on any atom is -0.469 e. The molecule has 1 fully saturated rings. The molecule has 1 atom stereocenters. The van der Waals surface area contributed by atoms with E-state index in [1.165, 1.54) is 39.2 Å². The quantitative estimate of drug-likeness (QED) is 0.713. The summed E-state index contributed by atoms with van der Waals surface area (Å²) >= 11 is 0. The molecule has 0 aromatic carbocycles. The summed E-state index contributed by atoms with van der Waals surface area (Å²) in [6, 6.07) is 0. The lowest BCUT2D eigenvalue weighted by Crippen LogP contribution is -2.22. The van der Waals surface area contributed by atoms with E-state index in [2.05, 4.69) is 0 Å². The maximum absolute atomic E-state index is 11.4. The second-order valence-electron chi connectivity index (χ2n) is 4.47. The van der Waals surface area contributed by atoms with Crippen molar-refractivity contribution in [1.29, 1.82) is 0 Å². The summed E-state index contributed by atoms with van der Waals surface area (Å²) in [6.07, 6.45) is 7.82. The smallest absolute Gasteiger partial charge is 0.308 e. The van der Waals surface area contributed by atoms with Crippen molar-refractivity contribution in [3.63, 3.8) is 0 Å². The van der Waals surface area contributed by atoms with Crippen LogP contribution in [0.5, 0.6) is 0 Å². The van der Waals surface area contributed by atoms with Crippen molar-refractivity contribution in [3.8, 4) is 0 Å². The Kier molecular flexibility index (Phi) is 5.69. The van der Waals surface area contributed by atoms with Gasteiger partial charge in [0.2, 0.25) is 0 Å². The molecule has 1 saturated carbocycles. The molecule has 3 heteroatoms. The largest absolute Gasteiger partial charge is 0.469 e. The second kappa shape index (κ2) is 6.83. The number of hydrogen-bond donors (Lipinski definition) is 1. The third-order valence-corrected chi connectivity index (χ3v) is 3.35. The second-order valence-corrected chi connectivity index (χ2v) is 4.47. The number of carbonyl (C=O) groups is 1. The van der Waals surface area contributed by atoms with E-state index in [1.54, 1.807) is 0 Å². The molecule has 1 rings (SSSR count). The standard InChI is InChI=1S/C12H22O3/c1-15-12(14)11(7-8-13)9-10-5-3-2-4-6-10/h10-11,13H,2-9H2,1H3/t11-/m1/s1. The minimum absolute atomic E-state index is 0.0759. The molecule has 0 amide bonds. The summed E-state index contributed by atoms with van der Waals surface area (Å²) in [5.74, 6) is 0.409. The van der Waals surface area contributed by atoms with Crippen LogP contribution in [0.25, 0.3) is 0 Å². The van der Waals surface area contributed by atoms with E-state index < -0.39 is 0 Å². The normalized spacial score (nSPS) is 19.9. The van der Waals surface area contributed by atoms with Crippen LogP contribution < -0.4 is 0 Å². The van der Waals surface area contributed by atoms with Crippen molar-refractivity contribution in [1.82, 2.24) is 0 Å². The van der Waals surface area contributed by atoms with Gasteiger partial charge in [0.15, 0.2) is 0 Å². The first-order valence-corrected chi connectivity index (χ1v) is 5.96. The van der Waals surface area contributed by atoms with Crippen LogP contribution in [0, 0.1) is 11.8 Å². The predicted octanol–water partition coefficient (Wildman–Crippen LogP) is 2.13. The Bertz CT molecular complexity index is 185. The molecule has 1 N–H and O–H groups in total. The van der Waals surface area contributed by atoms with Gasteiger partial charge in [-0.1, -0.05) is 32.1 Å². The van der Waals surface area contributed by atoms with Gasteiger partial charge in [-0.3, -0.25) is 4.79 Å². The third kappa shape index (κ3) is 4.20. The van der Waals surface area contributed by atoms with Crippen LogP contribution in [0.3, 0.4) is 0 Å². The molecule has 0 aliphatic heterocycles. The molecule has 0 unspecified atom stereocenters. The Morgan fingerprint density at radius 3 is 2.60 bits per heavy atom. The number of ether oxygens (including phenoxy) is 1. The summed E-state index contributed by atoms with van der Waals surface area (Å²) < 4.78 is 4.76. The number of hydrogen-bond acceptors (Lipinski definition) is 3. The minimum atomic E-state index is -0.158. The highest BCUT2D eigenvalue weighted by Gasteiger charge is 2.24. The molecular weight excluding hydrogens is 192 g/mol. The summed E-state index contributed by atoms with van der Waals surface area (Å²) in [5.41, 5.74) is 0. The molecule has 0 heterocycles. The van der Waals surface area contributed by atoms with Gasteiger partial charge in [0.25, 0.3) is 0 Å². The Morgan fingerprint density at radius 1 is 1.40 bits per heavy atom. The fraction of sp³-hybridized carbons (Fsp3) is 0.917. The molecule has 1 aliphatic rings. The van der Waals surface area contributed by atoms with E-state index in [4.69, 9.17) is 9.84 Å². The highest BCUT2D eigenvalue weighted by Crippen LogP contribution is 2.30. The third-order valence-electron chi connectivity index (χ3n) is 3.35. The van der Waals surface area contributed by atoms with Crippen LogP contribution in [0.2, 0.25) is 0 Å². The monoisotopic (exact) mass is 214 g/mol. The van der Waals surface area contributed by atoms with Crippen LogP contribution in [-0.4, -0.2) is 24.8 Å². The number of esters is 1. The zero-order valence-corrected chi connectivity index (χ0v) is 9.58. The summed E-state index contributed by atoms with van der Waals surface area (Å²) in [6.45, 7) is 0.0759. The summed E-state index contributed by atoms with van der Waals surface area (Å²) in [4.78, 5) is 11.4. The molecule has 0 bridgehead atoms. The van der Waals surface area contributed by atoms with E-state index in [-0.39, 0.29) is 18.5 Å². The van der Waals surface area contributed by atoms with Gasteiger partial charge < -0.3 is 9.84 Å². The first-order valence-electron chi connectivity index (χ1n) is 5.96. The first kappa shape index (κ1) is 12.5. The van der Waals surface area contributed by atoms with Crippen LogP contribution >= 0.6 is 0 Å². The molecule has 1 aliphatic carbocycles. The van der Waals surface area contributed by atoms with Gasteiger partial charge >= 0.3 is 5.97 Å². The van der Waals surface area contributed by atoms with Crippen molar-refractivity contribution >= 4 is 5.97 Å². The highest BCUT2D eigenvalue weighted by molar-refractivity contribution is 5.72. The van der Waals surface area contributed by atoms with Crippen molar-refractivity contribution < 1.29 is 14.6 Å². The molecule has 0 aromatic heterocycles. The number of methoxy groups -OCH3 is 1. The first-order chi connectivity index (χ1) is 7.27. The SMILES string of the molecule is COC(=O)[C@H](CCO)CC1CCCCC1. The van der Waals surface area contributed by atoms with Crippen molar-refractivity contribution in [2.24, 2.45) is 11.8 Å². The van der Waals surface area contributed by atoms with E-state index in [1.807, 2.05) is 0 Å². The Morgan fingerprint density at radius 2 is 2.07 bits per heavy atom. The van der Waals surface area contributed by atoms with Gasteiger partial charge in [-0.05, 0) is 18.8 Å². The fourth-order valence-corrected chi connectivity index (χ4v) is 2.48. The number of aliphatic hydroxyl groups is 1. The molecular formula is C12H22O3. The lowest BCUT2D eigenvalue weighted by atomic mass is 9.82. The summed E-state index contributed by atoms with van der Waals surface area (Å²) in [7, 11) is 1.42. The lowest BCUT2D eigenvalue weighted by Gasteiger charge is -2.24. The molecule has 88 valence electrons. The van der Waals surface area contributed by atoms with E-state index in [0.29, 0.717) is 12.3 Å². The molecule has 0 radical (unpaired) electrons. The predicted molar refractivity (Wildman–Crippen MR) is 58.4 cm³/mol. The van der Waals surface area contributed by atoms with Crippen LogP contribution in [-0.2, 0) is 9.53 Å².